The van der Waals surface area contributed by atoms with E-state index >= 15 is 0 Å². The van der Waals surface area contributed by atoms with Gasteiger partial charge >= 0.3 is 6.03 Å². The normalized spacial score (nSPS) is 17.2. The van der Waals surface area contributed by atoms with Gasteiger partial charge in [0, 0.05) is 12.1 Å². The molecule has 0 aromatic rings. The second-order valence-corrected chi connectivity index (χ2v) is 4.64. The molecular weight excluding hydrogens is 188 g/mol. The number of hydrogen-bond donors (Lipinski definition) is 2. The molecule has 0 aromatic heterocycles. The molecule has 15 heavy (non-hydrogen) atoms. The minimum absolute atomic E-state index is 0.0143. The minimum atomic E-state index is 0.0143. The van der Waals surface area contributed by atoms with Crippen molar-refractivity contribution in [2.45, 2.75) is 70.9 Å². The maximum Gasteiger partial charge on any atom is 0.315 e. The van der Waals surface area contributed by atoms with Crippen LogP contribution in [0.15, 0.2) is 0 Å². The van der Waals surface area contributed by atoms with Crippen molar-refractivity contribution in [2.75, 3.05) is 0 Å². The second-order valence-electron chi connectivity index (χ2n) is 4.64. The summed E-state index contributed by atoms with van der Waals surface area (Å²) >= 11 is 0. The van der Waals surface area contributed by atoms with Crippen molar-refractivity contribution in [2.24, 2.45) is 0 Å². The molecule has 1 saturated carbocycles. The van der Waals surface area contributed by atoms with Gasteiger partial charge in [-0.15, -0.1) is 0 Å². The summed E-state index contributed by atoms with van der Waals surface area (Å²) in [5.74, 6) is 0. The van der Waals surface area contributed by atoms with Crippen LogP contribution < -0.4 is 10.6 Å². The first-order valence-electron chi connectivity index (χ1n) is 6.29. The van der Waals surface area contributed by atoms with E-state index < -0.39 is 0 Å². The first kappa shape index (κ1) is 12.3. The summed E-state index contributed by atoms with van der Waals surface area (Å²) < 4.78 is 0. The summed E-state index contributed by atoms with van der Waals surface area (Å²) in [6, 6.07) is 0.776. The lowest BCUT2D eigenvalue weighted by molar-refractivity contribution is 0.236. The number of carbonyl (C=O) groups excluding carboxylic acids is 1. The van der Waals surface area contributed by atoms with Crippen LogP contribution in [0.4, 0.5) is 4.79 Å². The van der Waals surface area contributed by atoms with Crippen LogP contribution in [-0.2, 0) is 0 Å². The minimum Gasteiger partial charge on any atom is -0.336 e. The van der Waals surface area contributed by atoms with Gasteiger partial charge in [-0.1, -0.05) is 32.6 Å². The average Bonchev–Trinajstić information content (AvgIpc) is 2.96. The molecule has 0 heterocycles. The Morgan fingerprint density at radius 3 is 2.67 bits per heavy atom. The largest absolute Gasteiger partial charge is 0.336 e. The zero-order valence-corrected chi connectivity index (χ0v) is 10.0. The molecule has 0 aliphatic heterocycles. The van der Waals surface area contributed by atoms with E-state index in [0.29, 0.717) is 12.1 Å². The standard InChI is InChI=1S/C12H24N2O/c1-3-4-5-6-7-10(2)13-12(15)14-11-8-9-11/h10-11H,3-9H2,1-2H3,(H2,13,14,15). The molecule has 0 bridgehead atoms. The monoisotopic (exact) mass is 212 g/mol. The first-order valence-corrected chi connectivity index (χ1v) is 6.29. The quantitative estimate of drug-likeness (QED) is 0.626. The molecule has 3 nitrogen and oxygen atoms in total. The number of rotatable bonds is 7. The summed E-state index contributed by atoms with van der Waals surface area (Å²) in [4.78, 5) is 11.4. The molecule has 88 valence electrons. The van der Waals surface area contributed by atoms with Crippen molar-refractivity contribution in [3.8, 4) is 0 Å². The molecule has 1 unspecified atom stereocenters. The Kier molecular flexibility index (Phi) is 5.51. The van der Waals surface area contributed by atoms with Gasteiger partial charge in [-0.2, -0.15) is 0 Å². The molecule has 0 radical (unpaired) electrons. The Balaban J connectivity index is 1.96. The Morgan fingerprint density at radius 1 is 1.33 bits per heavy atom. The summed E-state index contributed by atoms with van der Waals surface area (Å²) in [6.07, 6.45) is 8.48. The molecule has 1 aliphatic carbocycles. The van der Waals surface area contributed by atoms with Crippen molar-refractivity contribution in [1.29, 1.82) is 0 Å². The fourth-order valence-corrected chi connectivity index (χ4v) is 1.63. The van der Waals surface area contributed by atoms with Crippen molar-refractivity contribution in [1.82, 2.24) is 10.6 Å². The van der Waals surface area contributed by atoms with Crippen molar-refractivity contribution >= 4 is 6.03 Å². The Morgan fingerprint density at radius 2 is 2.07 bits per heavy atom. The number of hydrogen-bond acceptors (Lipinski definition) is 1. The van der Waals surface area contributed by atoms with Gasteiger partial charge in [-0.3, -0.25) is 0 Å². The van der Waals surface area contributed by atoms with Crippen LogP contribution >= 0.6 is 0 Å². The van der Waals surface area contributed by atoms with E-state index in [0.717, 1.165) is 19.3 Å². The highest BCUT2D eigenvalue weighted by Gasteiger charge is 2.23. The van der Waals surface area contributed by atoms with Crippen LogP contribution in [0.25, 0.3) is 0 Å². The van der Waals surface area contributed by atoms with E-state index in [1.807, 2.05) is 0 Å². The molecule has 1 atom stereocenters. The molecule has 2 amide bonds. The fourth-order valence-electron chi connectivity index (χ4n) is 1.63. The zero-order chi connectivity index (χ0) is 11.1. The van der Waals surface area contributed by atoms with E-state index in [9.17, 15) is 4.79 Å². The Bertz CT molecular complexity index is 190. The van der Waals surface area contributed by atoms with Crippen LogP contribution in [0.2, 0.25) is 0 Å². The Labute approximate surface area is 93.0 Å². The van der Waals surface area contributed by atoms with Gasteiger partial charge < -0.3 is 10.6 Å². The van der Waals surface area contributed by atoms with Crippen LogP contribution in [0, 0.1) is 0 Å². The van der Waals surface area contributed by atoms with Crippen molar-refractivity contribution in [3.05, 3.63) is 0 Å². The lowest BCUT2D eigenvalue weighted by Crippen LogP contribution is -2.41. The topological polar surface area (TPSA) is 41.1 Å². The highest BCUT2D eigenvalue weighted by Crippen LogP contribution is 2.18. The van der Waals surface area contributed by atoms with E-state index in [2.05, 4.69) is 24.5 Å². The number of amides is 2. The zero-order valence-electron chi connectivity index (χ0n) is 10.0. The van der Waals surface area contributed by atoms with Gasteiger partial charge in [-0.05, 0) is 26.2 Å². The average molecular weight is 212 g/mol. The lowest BCUT2D eigenvalue weighted by Gasteiger charge is -2.14. The highest BCUT2D eigenvalue weighted by molar-refractivity contribution is 5.74. The van der Waals surface area contributed by atoms with Gasteiger partial charge in [0.25, 0.3) is 0 Å². The van der Waals surface area contributed by atoms with Crippen LogP contribution in [-0.4, -0.2) is 18.1 Å². The Hall–Kier alpha value is -0.730. The maximum atomic E-state index is 11.4. The summed E-state index contributed by atoms with van der Waals surface area (Å²) in [6.45, 7) is 4.29. The van der Waals surface area contributed by atoms with E-state index in [-0.39, 0.29) is 6.03 Å². The summed E-state index contributed by atoms with van der Waals surface area (Å²) in [5.41, 5.74) is 0. The third-order valence-corrected chi connectivity index (χ3v) is 2.78. The van der Waals surface area contributed by atoms with Crippen LogP contribution in [0.5, 0.6) is 0 Å². The van der Waals surface area contributed by atoms with Crippen molar-refractivity contribution < 1.29 is 4.79 Å². The SMILES string of the molecule is CCCCCCC(C)NC(=O)NC1CC1. The molecule has 3 heteroatoms. The molecule has 1 fully saturated rings. The van der Waals surface area contributed by atoms with Crippen molar-refractivity contribution in [3.63, 3.8) is 0 Å². The third-order valence-electron chi connectivity index (χ3n) is 2.78. The fraction of sp³-hybridized carbons (Fsp3) is 0.917. The van der Waals surface area contributed by atoms with Crippen LogP contribution in [0.3, 0.4) is 0 Å². The predicted octanol–water partition coefficient (Wildman–Crippen LogP) is 2.81. The molecule has 1 aliphatic rings. The van der Waals surface area contributed by atoms with E-state index in [1.54, 1.807) is 0 Å². The molecule has 0 saturated heterocycles. The lowest BCUT2D eigenvalue weighted by atomic mass is 10.1. The second kappa shape index (κ2) is 6.70. The number of unbranched alkanes of at least 4 members (excludes halogenated alkanes) is 3. The highest BCUT2D eigenvalue weighted by atomic mass is 16.2. The maximum absolute atomic E-state index is 11.4. The molecular formula is C12H24N2O. The smallest absolute Gasteiger partial charge is 0.315 e. The number of nitrogens with one attached hydrogen (secondary N) is 2. The van der Waals surface area contributed by atoms with Gasteiger partial charge in [0.2, 0.25) is 0 Å². The molecule has 2 N–H and O–H groups in total. The van der Waals surface area contributed by atoms with Crippen LogP contribution in [0.1, 0.15) is 58.8 Å². The van der Waals surface area contributed by atoms with Gasteiger partial charge in [0.15, 0.2) is 0 Å². The molecule has 0 spiro atoms. The molecule has 0 aromatic carbocycles. The van der Waals surface area contributed by atoms with Gasteiger partial charge in [-0.25, -0.2) is 4.79 Å². The van der Waals surface area contributed by atoms with Gasteiger partial charge in [0.1, 0.15) is 0 Å². The summed E-state index contributed by atoms with van der Waals surface area (Å²) in [7, 11) is 0. The predicted molar refractivity (Wildman–Crippen MR) is 62.9 cm³/mol. The molecule has 1 rings (SSSR count). The third kappa shape index (κ3) is 6.37. The number of urea groups is 1. The number of carbonyl (C=O) groups is 1. The van der Waals surface area contributed by atoms with Gasteiger partial charge in [0.05, 0.1) is 0 Å². The summed E-state index contributed by atoms with van der Waals surface area (Å²) in [5, 5.41) is 5.91. The first-order chi connectivity index (χ1) is 7.22. The van der Waals surface area contributed by atoms with E-state index in [4.69, 9.17) is 0 Å². The van der Waals surface area contributed by atoms with E-state index in [1.165, 1.54) is 25.7 Å².